The van der Waals surface area contributed by atoms with Crippen LogP contribution in [-0.4, -0.2) is 56.0 Å². The van der Waals surface area contributed by atoms with Crippen molar-refractivity contribution >= 4 is 17.5 Å². The molecule has 1 saturated heterocycles. The maximum absolute atomic E-state index is 12.1. The molecule has 0 spiro atoms. The first-order valence-corrected chi connectivity index (χ1v) is 9.65. The minimum absolute atomic E-state index is 0.00575. The minimum Gasteiger partial charge on any atom is -0.482 e. The fourth-order valence-electron chi connectivity index (χ4n) is 3.72. The number of nitrogens with zero attached hydrogens (tertiary/aromatic N) is 2. The van der Waals surface area contributed by atoms with Crippen molar-refractivity contribution in [1.82, 2.24) is 10.2 Å². The monoisotopic (exact) mass is 359 g/mol. The van der Waals surface area contributed by atoms with Crippen molar-refractivity contribution in [2.24, 2.45) is 5.92 Å². The van der Waals surface area contributed by atoms with E-state index in [9.17, 15) is 9.59 Å². The SMILES string of the molecule is C[C@H]1CCCN(CCCNC(=O)CCN2C(=O)COc3ccccc32)C1. The number of ether oxygens (including phenoxy) is 1. The first-order chi connectivity index (χ1) is 12.6. The smallest absolute Gasteiger partial charge is 0.265 e. The predicted octanol–water partition coefficient (Wildman–Crippen LogP) is 2.04. The molecule has 2 heterocycles. The van der Waals surface area contributed by atoms with Crippen molar-refractivity contribution in [3.05, 3.63) is 24.3 Å². The van der Waals surface area contributed by atoms with Crippen LogP contribution in [0.5, 0.6) is 5.75 Å². The van der Waals surface area contributed by atoms with Gasteiger partial charge in [-0.15, -0.1) is 0 Å². The van der Waals surface area contributed by atoms with E-state index in [1.807, 2.05) is 24.3 Å². The van der Waals surface area contributed by atoms with Crippen molar-refractivity contribution in [3.8, 4) is 5.75 Å². The highest BCUT2D eigenvalue weighted by atomic mass is 16.5. The Morgan fingerprint density at radius 1 is 1.31 bits per heavy atom. The first kappa shape index (κ1) is 18.7. The minimum atomic E-state index is -0.101. The maximum atomic E-state index is 12.1. The normalized spacial score (nSPS) is 20.4. The Balaban J connectivity index is 1.37. The predicted molar refractivity (Wildman–Crippen MR) is 101 cm³/mol. The van der Waals surface area contributed by atoms with Crippen molar-refractivity contribution in [1.29, 1.82) is 0 Å². The first-order valence-electron chi connectivity index (χ1n) is 9.65. The standard InChI is InChI=1S/C20H29N3O3/c1-16-6-4-11-22(14-16)12-5-10-21-19(24)9-13-23-17-7-2-3-8-18(17)26-15-20(23)25/h2-3,7-8,16H,4-6,9-15H2,1H3,(H,21,24)/t16-/m0/s1. The van der Waals surface area contributed by atoms with E-state index in [0.717, 1.165) is 24.6 Å². The lowest BCUT2D eigenvalue weighted by Crippen LogP contribution is -2.41. The van der Waals surface area contributed by atoms with Crippen LogP contribution in [-0.2, 0) is 9.59 Å². The van der Waals surface area contributed by atoms with Crippen LogP contribution in [0.4, 0.5) is 5.69 Å². The molecule has 2 amide bonds. The number of likely N-dealkylation sites (tertiary alicyclic amines) is 1. The third-order valence-electron chi connectivity index (χ3n) is 5.09. The average Bonchev–Trinajstić information content (AvgIpc) is 2.64. The Labute approximate surface area is 155 Å². The second-order valence-electron chi connectivity index (χ2n) is 7.30. The van der Waals surface area contributed by atoms with Gasteiger partial charge in [0.1, 0.15) is 5.75 Å². The molecule has 0 aliphatic carbocycles. The molecule has 0 bridgehead atoms. The molecule has 3 rings (SSSR count). The number of amides is 2. The molecule has 1 atom stereocenters. The Hall–Kier alpha value is -2.08. The van der Waals surface area contributed by atoms with Crippen LogP contribution >= 0.6 is 0 Å². The summed E-state index contributed by atoms with van der Waals surface area (Å²) in [4.78, 5) is 28.3. The van der Waals surface area contributed by atoms with Gasteiger partial charge >= 0.3 is 0 Å². The van der Waals surface area contributed by atoms with Gasteiger partial charge in [0.05, 0.1) is 5.69 Å². The fourth-order valence-corrected chi connectivity index (χ4v) is 3.72. The topological polar surface area (TPSA) is 61.9 Å². The number of benzene rings is 1. The van der Waals surface area contributed by atoms with Crippen LogP contribution < -0.4 is 15.0 Å². The molecule has 1 fully saturated rings. The molecule has 0 unspecified atom stereocenters. The van der Waals surface area contributed by atoms with E-state index in [1.54, 1.807) is 4.90 Å². The van der Waals surface area contributed by atoms with E-state index in [-0.39, 0.29) is 18.4 Å². The van der Waals surface area contributed by atoms with E-state index in [0.29, 0.717) is 25.3 Å². The molecule has 0 aromatic heterocycles. The third kappa shape index (κ3) is 4.97. The van der Waals surface area contributed by atoms with Gasteiger partial charge < -0.3 is 19.9 Å². The van der Waals surface area contributed by atoms with Gasteiger partial charge in [0.25, 0.3) is 5.91 Å². The van der Waals surface area contributed by atoms with Crippen molar-refractivity contribution in [3.63, 3.8) is 0 Å². The quantitative estimate of drug-likeness (QED) is 0.757. The summed E-state index contributed by atoms with van der Waals surface area (Å²) in [5.41, 5.74) is 0.746. The van der Waals surface area contributed by atoms with Gasteiger partial charge in [-0.3, -0.25) is 9.59 Å². The third-order valence-corrected chi connectivity index (χ3v) is 5.09. The molecule has 2 aliphatic heterocycles. The molecule has 1 N–H and O–H groups in total. The van der Waals surface area contributed by atoms with Crippen molar-refractivity contribution in [2.75, 3.05) is 44.2 Å². The number of fused-ring (bicyclic) bond motifs is 1. The summed E-state index contributed by atoms with van der Waals surface area (Å²) in [5.74, 6) is 1.38. The average molecular weight is 359 g/mol. The Morgan fingerprint density at radius 3 is 3.00 bits per heavy atom. The van der Waals surface area contributed by atoms with Gasteiger partial charge in [-0.05, 0) is 50.4 Å². The number of carbonyl (C=O) groups excluding carboxylic acids is 2. The van der Waals surface area contributed by atoms with Gasteiger partial charge in [-0.1, -0.05) is 19.1 Å². The summed E-state index contributed by atoms with van der Waals surface area (Å²) < 4.78 is 5.42. The zero-order valence-corrected chi connectivity index (χ0v) is 15.6. The Kier molecular flexibility index (Phi) is 6.50. The van der Waals surface area contributed by atoms with Gasteiger partial charge in [0, 0.05) is 26.1 Å². The summed E-state index contributed by atoms with van der Waals surface area (Å²) >= 11 is 0. The molecule has 1 aromatic rings. The molecule has 6 nitrogen and oxygen atoms in total. The number of hydrogen-bond acceptors (Lipinski definition) is 4. The summed E-state index contributed by atoms with van der Waals surface area (Å²) in [7, 11) is 0. The summed E-state index contributed by atoms with van der Waals surface area (Å²) in [6.07, 6.45) is 3.89. The molecule has 2 aliphatic rings. The van der Waals surface area contributed by atoms with E-state index < -0.39 is 0 Å². The number of nitrogens with one attached hydrogen (secondary N) is 1. The van der Waals surface area contributed by atoms with Crippen LogP contribution in [0.2, 0.25) is 0 Å². The number of hydrogen-bond donors (Lipinski definition) is 1. The highest BCUT2D eigenvalue weighted by Crippen LogP contribution is 2.31. The number of rotatable bonds is 7. The number of piperidine rings is 1. The lowest BCUT2D eigenvalue weighted by atomic mass is 10.0. The van der Waals surface area contributed by atoms with Crippen molar-refractivity contribution < 1.29 is 14.3 Å². The molecule has 0 saturated carbocycles. The highest BCUT2D eigenvalue weighted by Gasteiger charge is 2.25. The zero-order valence-electron chi connectivity index (χ0n) is 15.6. The van der Waals surface area contributed by atoms with Gasteiger partial charge in [-0.25, -0.2) is 0 Å². The second kappa shape index (κ2) is 9.03. The lowest BCUT2D eigenvalue weighted by molar-refractivity contribution is -0.122. The number of carbonyl (C=O) groups is 2. The zero-order chi connectivity index (χ0) is 18.4. The fraction of sp³-hybridized carbons (Fsp3) is 0.600. The highest BCUT2D eigenvalue weighted by molar-refractivity contribution is 5.98. The second-order valence-corrected chi connectivity index (χ2v) is 7.30. The molecule has 1 aromatic carbocycles. The van der Waals surface area contributed by atoms with E-state index in [4.69, 9.17) is 4.74 Å². The van der Waals surface area contributed by atoms with E-state index in [1.165, 1.54) is 25.9 Å². The molecule has 26 heavy (non-hydrogen) atoms. The summed E-state index contributed by atoms with van der Waals surface area (Å²) in [6.45, 7) is 6.81. The van der Waals surface area contributed by atoms with Gasteiger partial charge in [0.15, 0.2) is 6.61 Å². The number of para-hydroxylation sites is 2. The van der Waals surface area contributed by atoms with Gasteiger partial charge in [-0.2, -0.15) is 0 Å². The van der Waals surface area contributed by atoms with Crippen LogP contribution in [0, 0.1) is 5.92 Å². The summed E-state index contributed by atoms with van der Waals surface area (Å²) in [5, 5.41) is 2.98. The molecular weight excluding hydrogens is 330 g/mol. The maximum Gasteiger partial charge on any atom is 0.265 e. The largest absolute Gasteiger partial charge is 0.482 e. The number of anilines is 1. The molecule has 6 heteroatoms. The lowest BCUT2D eigenvalue weighted by Gasteiger charge is -2.30. The van der Waals surface area contributed by atoms with Crippen molar-refractivity contribution in [2.45, 2.75) is 32.6 Å². The van der Waals surface area contributed by atoms with Crippen LogP contribution in [0.25, 0.3) is 0 Å². The Morgan fingerprint density at radius 2 is 2.15 bits per heavy atom. The molecular formula is C20H29N3O3. The van der Waals surface area contributed by atoms with Crippen LogP contribution in [0.1, 0.15) is 32.6 Å². The van der Waals surface area contributed by atoms with E-state index >= 15 is 0 Å². The molecule has 0 radical (unpaired) electrons. The Bertz CT molecular complexity index is 634. The van der Waals surface area contributed by atoms with Crippen LogP contribution in [0.3, 0.4) is 0 Å². The summed E-state index contributed by atoms with van der Waals surface area (Å²) in [6, 6.07) is 7.44. The van der Waals surface area contributed by atoms with Gasteiger partial charge in [0.2, 0.25) is 5.91 Å². The van der Waals surface area contributed by atoms with E-state index in [2.05, 4.69) is 17.1 Å². The van der Waals surface area contributed by atoms with Crippen LogP contribution in [0.15, 0.2) is 24.3 Å². The molecule has 142 valence electrons.